The van der Waals surface area contributed by atoms with Gasteiger partial charge in [-0.15, -0.1) is 0 Å². The first-order valence-electron chi connectivity index (χ1n) is 11.9. The number of ether oxygens (including phenoxy) is 1. The molecule has 1 saturated heterocycles. The molecule has 6 rings (SSSR count). The number of alkyl halides is 1. The Labute approximate surface area is 239 Å². The number of H-pyrrole nitrogens is 1. The van der Waals surface area contributed by atoms with Crippen LogP contribution in [0.15, 0.2) is 17.3 Å². The van der Waals surface area contributed by atoms with E-state index in [9.17, 15) is 14.3 Å². The molecule has 4 aromatic rings. The Bertz CT molecular complexity index is 1800. The molecule has 41 heavy (non-hydrogen) atoms. The fourth-order valence-corrected chi connectivity index (χ4v) is 6.96. The Hall–Kier alpha value is -2.38. The third kappa shape index (κ3) is 5.69. The summed E-state index contributed by atoms with van der Waals surface area (Å²) in [5.74, 6) is 0.504. The first-order chi connectivity index (χ1) is 19.4. The molecular weight excluding hydrogens is 627 g/mol. The van der Waals surface area contributed by atoms with Crippen molar-refractivity contribution in [1.82, 2.24) is 39.0 Å². The molecule has 2 bridgehead atoms. The molecule has 0 aromatic carbocycles. The summed E-state index contributed by atoms with van der Waals surface area (Å²) in [5, 5.41) is 0. The first kappa shape index (κ1) is 28.7. The summed E-state index contributed by atoms with van der Waals surface area (Å²) >= 11 is 9.22. The molecule has 6 heterocycles. The topological polar surface area (TPSA) is 217 Å². The molecule has 220 valence electrons. The molecule has 22 heteroatoms. The number of nitrogens with zero attached hydrogens (tertiary/aromatic N) is 7. The van der Waals surface area contributed by atoms with E-state index < -0.39 is 50.3 Å². The molecule has 0 spiro atoms. The van der Waals surface area contributed by atoms with E-state index in [2.05, 4.69) is 42.2 Å². The largest absolute Gasteiger partial charge is 0.386 e. The van der Waals surface area contributed by atoms with Crippen LogP contribution in [0.5, 0.6) is 0 Å². The number of nitrogen functional groups attached to an aromatic ring is 1. The van der Waals surface area contributed by atoms with Gasteiger partial charge in [0, 0.05) is 6.54 Å². The third-order valence-electron chi connectivity index (χ3n) is 6.26. The highest BCUT2D eigenvalue weighted by Crippen LogP contribution is 2.55. The normalized spacial score (nSPS) is 31.6. The van der Waals surface area contributed by atoms with Gasteiger partial charge in [0.05, 0.1) is 25.7 Å². The zero-order valence-electron chi connectivity index (χ0n) is 20.9. The second kappa shape index (κ2) is 10.7. The van der Waals surface area contributed by atoms with Gasteiger partial charge in [-0.1, -0.05) is 12.2 Å². The van der Waals surface area contributed by atoms with Gasteiger partial charge in [-0.2, -0.15) is 4.98 Å². The van der Waals surface area contributed by atoms with Gasteiger partial charge in [-0.25, -0.2) is 28.9 Å². The summed E-state index contributed by atoms with van der Waals surface area (Å²) in [5.41, 5.74) is 5.73. The quantitative estimate of drug-likeness (QED) is 0.169. The number of anilines is 1. The molecule has 0 amide bonds. The van der Waals surface area contributed by atoms with Crippen molar-refractivity contribution < 1.29 is 36.7 Å². The fraction of sp³-hybridized carbons (Fsp3) is 0.474. The lowest BCUT2D eigenvalue weighted by molar-refractivity contribution is -0.0455. The van der Waals surface area contributed by atoms with E-state index in [0.29, 0.717) is 17.0 Å². The summed E-state index contributed by atoms with van der Waals surface area (Å²) < 4.78 is 59.3. The maximum atomic E-state index is 15.8. The van der Waals surface area contributed by atoms with Gasteiger partial charge in [-0.05, 0) is 18.7 Å². The Morgan fingerprint density at radius 1 is 1.24 bits per heavy atom. The summed E-state index contributed by atoms with van der Waals surface area (Å²) in [6.45, 7) is -7.50. The van der Waals surface area contributed by atoms with Gasteiger partial charge in [0.15, 0.2) is 29.2 Å². The molecule has 0 aliphatic carbocycles. The van der Waals surface area contributed by atoms with Crippen molar-refractivity contribution in [3.8, 4) is 0 Å². The molecule has 6 atom stereocenters. The average Bonchev–Trinajstić information content (AvgIpc) is 3.55. The number of nitrogens with two attached hydrogens (primary N) is 1. The fourth-order valence-electron chi connectivity index (χ4n) is 4.47. The van der Waals surface area contributed by atoms with Gasteiger partial charge < -0.3 is 24.5 Å². The lowest BCUT2D eigenvalue weighted by Gasteiger charge is -2.25. The van der Waals surface area contributed by atoms with Crippen LogP contribution < -0.4 is 11.3 Å². The summed E-state index contributed by atoms with van der Waals surface area (Å²) in [6, 6.07) is 0. The number of rotatable bonds is 1. The van der Waals surface area contributed by atoms with Crippen molar-refractivity contribution >= 4 is 65.8 Å². The molecule has 2 aliphatic rings. The van der Waals surface area contributed by atoms with Crippen LogP contribution in [0.1, 0.15) is 17.9 Å². The van der Waals surface area contributed by atoms with E-state index in [0.717, 1.165) is 0 Å². The van der Waals surface area contributed by atoms with Crippen LogP contribution in [0.25, 0.3) is 22.3 Å². The van der Waals surface area contributed by atoms with E-state index in [4.69, 9.17) is 40.4 Å². The lowest BCUT2D eigenvalue weighted by Crippen LogP contribution is -2.32. The van der Waals surface area contributed by atoms with Crippen molar-refractivity contribution in [2.45, 2.75) is 44.7 Å². The van der Waals surface area contributed by atoms with Crippen LogP contribution in [-0.4, -0.2) is 75.5 Å². The monoisotopic (exact) mass is 649 g/mol. The molecular formula is C19H22FN9O8P2S2. The standard InChI is InChI=1S/C19H22FN9O8P2S2/c1-8-22-4-9-15(24-8)28-2-3-33-38(31,40)34-5-10-12(20)14(37-39(32,41)35-6-11(28)25-9)18(36-10)29-7-23-13-16(29)26-19(21)27-17(13)30/h4,7,10,12,14,18H,2-3,5-6H2,1H3,(H,31,40)(H,32,41)(H3,21,26,27,30)/t10-,12+,14+,18+,38?,39?/m0/s1. The van der Waals surface area contributed by atoms with Crippen LogP contribution >= 0.6 is 25.8 Å². The second-order valence-electron chi connectivity index (χ2n) is 9.00. The van der Waals surface area contributed by atoms with E-state index in [1.165, 1.54) is 17.1 Å². The van der Waals surface area contributed by atoms with Crippen molar-refractivity contribution in [1.29, 1.82) is 0 Å². The number of nitrogens with one attached hydrogen (secondary N) is 1. The predicted octanol–water partition coefficient (Wildman–Crippen LogP) is 1.29. The number of aromatic nitrogens is 8. The Morgan fingerprint density at radius 3 is 2.85 bits per heavy atom. The van der Waals surface area contributed by atoms with E-state index >= 15 is 4.39 Å². The zero-order chi connectivity index (χ0) is 29.1. The van der Waals surface area contributed by atoms with E-state index in [1.807, 2.05) is 0 Å². The number of fused-ring (bicyclic) bond motifs is 6. The maximum Gasteiger partial charge on any atom is 0.386 e. The molecule has 17 nitrogen and oxygen atoms in total. The number of imidazole rings is 2. The van der Waals surface area contributed by atoms with Crippen molar-refractivity contribution in [2.75, 3.05) is 18.9 Å². The predicted molar refractivity (Wildman–Crippen MR) is 146 cm³/mol. The number of hydrogen-bond donors (Lipinski definition) is 4. The van der Waals surface area contributed by atoms with Crippen LogP contribution in [0.2, 0.25) is 0 Å². The third-order valence-corrected chi connectivity index (χ3v) is 9.48. The average molecular weight is 650 g/mol. The van der Waals surface area contributed by atoms with Gasteiger partial charge in [0.25, 0.3) is 5.56 Å². The number of aryl methyl sites for hydroxylation is 1. The lowest BCUT2D eigenvalue weighted by atomic mass is 10.1. The van der Waals surface area contributed by atoms with Crippen LogP contribution in [0, 0.1) is 6.92 Å². The number of hydrogen-bond acceptors (Lipinski definition) is 14. The molecule has 2 aliphatic heterocycles. The Balaban J connectivity index is 1.38. The SMILES string of the molecule is Cc1ncc2nc3n(c2n1)CCOP(=O)(S)OC[C@@H]1O[C@@H](n2cnc4c(=O)[nH]c(N)nc42)[C@H](OP(O)(=S)OC3)[C@@H]1F. The summed E-state index contributed by atoms with van der Waals surface area (Å²) in [4.78, 5) is 46.6. The van der Waals surface area contributed by atoms with Gasteiger partial charge in [0.2, 0.25) is 5.95 Å². The van der Waals surface area contributed by atoms with Crippen LogP contribution in [0.3, 0.4) is 0 Å². The highest BCUT2D eigenvalue weighted by molar-refractivity contribution is 8.44. The van der Waals surface area contributed by atoms with Crippen molar-refractivity contribution in [3.63, 3.8) is 0 Å². The van der Waals surface area contributed by atoms with Gasteiger partial charge >= 0.3 is 13.5 Å². The molecule has 0 saturated carbocycles. The van der Waals surface area contributed by atoms with Crippen LogP contribution in [0.4, 0.5) is 10.3 Å². The van der Waals surface area contributed by atoms with Crippen molar-refractivity contribution in [3.05, 3.63) is 34.5 Å². The smallest absolute Gasteiger partial charge is 0.369 e. The van der Waals surface area contributed by atoms with Gasteiger partial charge in [-0.3, -0.25) is 27.9 Å². The number of thiol groups is 1. The number of aromatic amines is 1. The maximum absolute atomic E-state index is 15.8. The van der Waals surface area contributed by atoms with E-state index in [-0.39, 0.29) is 42.7 Å². The second-order valence-corrected chi connectivity index (χ2v) is 14.7. The Kier molecular flexibility index (Phi) is 7.51. The molecule has 1 fully saturated rings. The highest BCUT2D eigenvalue weighted by atomic mass is 32.7. The van der Waals surface area contributed by atoms with E-state index in [1.54, 1.807) is 11.5 Å². The van der Waals surface area contributed by atoms with Crippen molar-refractivity contribution in [2.24, 2.45) is 0 Å². The molecule has 0 radical (unpaired) electrons. The first-order valence-corrected chi connectivity index (χ1v) is 17.2. The summed E-state index contributed by atoms with van der Waals surface area (Å²) in [6.07, 6.45) is -3.73. The minimum absolute atomic E-state index is 0.0477. The minimum Gasteiger partial charge on any atom is -0.369 e. The number of halogens is 1. The highest BCUT2D eigenvalue weighted by Gasteiger charge is 2.50. The summed E-state index contributed by atoms with van der Waals surface area (Å²) in [7, 11) is 0. The van der Waals surface area contributed by atoms with Gasteiger partial charge in [0.1, 0.15) is 36.0 Å². The molecule has 4 aromatic heterocycles. The molecule has 2 unspecified atom stereocenters. The Morgan fingerprint density at radius 2 is 2.05 bits per heavy atom. The minimum atomic E-state index is -4.17. The zero-order valence-corrected chi connectivity index (χ0v) is 24.4. The van der Waals surface area contributed by atoms with Crippen LogP contribution in [-0.2, 0) is 52.4 Å². The molecule has 4 N–H and O–H groups in total.